The normalized spacial score (nSPS) is 18.0. The summed E-state index contributed by atoms with van der Waals surface area (Å²) in [5, 5.41) is 3.13. The Morgan fingerprint density at radius 2 is 1.86 bits per heavy atom. The lowest BCUT2D eigenvalue weighted by Gasteiger charge is -2.36. The summed E-state index contributed by atoms with van der Waals surface area (Å²) in [5.74, 6) is 1.71. The van der Waals surface area contributed by atoms with Crippen LogP contribution in [0.2, 0.25) is 0 Å². The molecule has 3 heterocycles. The predicted octanol–water partition coefficient (Wildman–Crippen LogP) is 1.91. The topological polar surface area (TPSA) is 95.8 Å². The molecule has 1 N–H and O–H groups in total. The number of fused-ring (bicyclic) bond motifs is 1. The minimum Gasteiger partial charge on any atom is -0.444 e. The largest absolute Gasteiger partial charge is 0.444 e. The van der Waals surface area contributed by atoms with Crippen LogP contribution in [-0.4, -0.2) is 62.4 Å². The third-order valence-electron chi connectivity index (χ3n) is 5.11. The lowest BCUT2D eigenvalue weighted by Crippen LogP contribution is -2.51. The number of nitrogens with one attached hydrogen (secondary N) is 1. The van der Waals surface area contributed by atoms with Crippen LogP contribution < -0.4 is 10.5 Å². The van der Waals surface area contributed by atoms with E-state index in [2.05, 4.69) is 15.1 Å². The lowest BCUT2D eigenvalue weighted by molar-refractivity contribution is 0.0240. The van der Waals surface area contributed by atoms with Crippen molar-refractivity contribution >= 4 is 17.6 Å². The van der Waals surface area contributed by atoms with Crippen LogP contribution in [0.25, 0.3) is 5.78 Å². The second-order valence-corrected chi connectivity index (χ2v) is 8.54. The second kappa shape index (κ2) is 6.79. The van der Waals surface area contributed by atoms with E-state index in [4.69, 9.17) is 4.74 Å². The monoisotopic (exact) mass is 388 g/mol. The van der Waals surface area contributed by atoms with Crippen LogP contribution in [0.1, 0.15) is 58.0 Å². The van der Waals surface area contributed by atoms with Crippen molar-refractivity contribution in [3.63, 3.8) is 0 Å². The summed E-state index contributed by atoms with van der Waals surface area (Å²) in [6.07, 6.45) is 2.55. The van der Waals surface area contributed by atoms with Gasteiger partial charge in [0.2, 0.25) is 0 Å². The van der Waals surface area contributed by atoms with Crippen molar-refractivity contribution in [2.24, 2.45) is 0 Å². The van der Waals surface area contributed by atoms with E-state index in [1.54, 1.807) is 4.90 Å². The van der Waals surface area contributed by atoms with Gasteiger partial charge in [0.1, 0.15) is 17.1 Å². The number of ether oxygens (including phenoxy) is 1. The molecular weight excluding hydrogens is 360 g/mol. The summed E-state index contributed by atoms with van der Waals surface area (Å²) in [7, 11) is 0. The van der Waals surface area contributed by atoms with Gasteiger partial charge in [-0.1, -0.05) is 6.92 Å². The van der Waals surface area contributed by atoms with E-state index >= 15 is 0 Å². The zero-order chi connectivity index (χ0) is 20.1. The number of anilines is 1. The molecule has 0 radical (unpaired) electrons. The Bertz CT molecular complexity index is 945. The number of nitrogens with zero attached hydrogens (tertiary/aromatic N) is 5. The first kappa shape index (κ1) is 18.8. The predicted molar refractivity (Wildman–Crippen MR) is 105 cm³/mol. The third kappa shape index (κ3) is 3.57. The zero-order valence-corrected chi connectivity index (χ0v) is 17.0. The highest BCUT2D eigenvalue weighted by Crippen LogP contribution is 2.38. The lowest BCUT2D eigenvalue weighted by atomic mass is 10.2. The number of carbonyl (C=O) groups excluding carboxylic acids is 1. The van der Waals surface area contributed by atoms with Crippen LogP contribution in [0.15, 0.2) is 4.79 Å². The number of H-pyrrole nitrogens is 1. The number of aromatic nitrogens is 4. The van der Waals surface area contributed by atoms with E-state index in [0.29, 0.717) is 50.0 Å². The fourth-order valence-corrected chi connectivity index (χ4v) is 3.51. The van der Waals surface area contributed by atoms with Crippen molar-refractivity contribution < 1.29 is 9.53 Å². The summed E-state index contributed by atoms with van der Waals surface area (Å²) >= 11 is 0. The van der Waals surface area contributed by atoms with Gasteiger partial charge in [0.05, 0.1) is 5.69 Å². The van der Waals surface area contributed by atoms with Gasteiger partial charge >= 0.3 is 6.09 Å². The highest BCUT2D eigenvalue weighted by molar-refractivity contribution is 5.68. The van der Waals surface area contributed by atoms with E-state index in [1.807, 2.05) is 32.6 Å². The second-order valence-electron chi connectivity index (χ2n) is 8.54. The average molecular weight is 388 g/mol. The molecule has 2 aliphatic rings. The van der Waals surface area contributed by atoms with Gasteiger partial charge < -0.3 is 14.5 Å². The van der Waals surface area contributed by atoms with Crippen LogP contribution in [0.5, 0.6) is 0 Å². The van der Waals surface area contributed by atoms with E-state index < -0.39 is 5.60 Å². The number of carbonyl (C=O) groups is 1. The van der Waals surface area contributed by atoms with Crippen molar-refractivity contribution in [1.82, 2.24) is 24.5 Å². The minimum absolute atomic E-state index is 0.119. The molecule has 2 aromatic heterocycles. The van der Waals surface area contributed by atoms with Crippen molar-refractivity contribution in [1.29, 1.82) is 0 Å². The standard InChI is InChI=1S/C19H28N6O3/c1-5-13-14(16(26)25-17(20-13)21-15(22-25)12-6-7-12)23-8-10-24(11-9-23)18(27)28-19(2,3)4/h12H,5-11H2,1-4H3,(H,20,21,22). The van der Waals surface area contributed by atoms with Gasteiger partial charge in [-0.15, -0.1) is 0 Å². The van der Waals surface area contributed by atoms with Crippen molar-refractivity contribution in [2.75, 3.05) is 31.1 Å². The number of aromatic amines is 1. The maximum Gasteiger partial charge on any atom is 0.410 e. The minimum atomic E-state index is -0.517. The molecule has 1 amide bonds. The van der Waals surface area contributed by atoms with Crippen LogP contribution in [-0.2, 0) is 11.2 Å². The number of aryl methyl sites for hydroxylation is 1. The molecule has 152 valence electrons. The van der Waals surface area contributed by atoms with E-state index in [9.17, 15) is 9.59 Å². The Kier molecular flexibility index (Phi) is 4.55. The van der Waals surface area contributed by atoms with Crippen LogP contribution >= 0.6 is 0 Å². The molecule has 9 nitrogen and oxygen atoms in total. The molecule has 0 atom stereocenters. The summed E-state index contributed by atoms with van der Waals surface area (Å²) in [6.45, 7) is 9.72. The van der Waals surface area contributed by atoms with E-state index in [1.165, 1.54) is 4.52 Å². The molecule has 28 heavy (non-hydrogen) atoms. The molecule has 2 aromatic rings. The molecule has 4 rings (SSSR count). The number of hydrogen-bond acceptors (Lipinski definition) is 6. The average Bonchev–Trinajstić information content (AvgIpc) is 3.40. The molecule has 1 aliphatic heterocycles. The highest BCUT2D eigenvalue weighted by atomic mass is 16.6. The van der Waals surface area contributed by atoms with Crippen molar-refractivity contribution in [2.45, 2.75) is 58.5 Å². The Labute approximate surface area is 163 Å². The van der Waals surface area contributed by atoms with Crippen molar-refractivity contribution in [3.8, 4) is 0 Å². The molecule has 0 aromatic carbocycles. The molecule has 2 fully saturated rings. The zero-order valence-electron chi connectivity index (χ0n) is 17.0. The number of rotatable bonds is 3. The first-order chi connectivity index (χ1) is 13.3. The SMILES string of the molecule is CCc1nc2nc(C3CC3)[nH]n2c(=O)c1N1CCN(C(=O)OC(C)(C)C)CC1. The Balaban J connectivity index is 1.57. The summed E-state index contributed by atoms with van der Waals surface area (Å²) in [6, 6.07) is 0. The van der Waals surface area contributed by atoms with Gasteiger partial charge in [0, 0.05) is 32.1 Å². The smallest absolute Gasteiger partial charge is 0.410 e. The molecule has 0 spiro atoms. The fourth-order valence-electron chi connectivity index (χ4n) is 3.51. The first-order valence-electron chi connectivity index (χ1n) is 10.0. The Morgan fingerprint density at radius 1 is 1.18 bits per heavy atom. The highest BCUT2D eigenvalue weighted by Gasteiger charge is 2.30. The Morgan fingerprint density at radius 3 is 2.43 bits per heavy atom. The quantitative estimate of drug-likeness (QED) is 0.863. The van der Waals surface area contributed by atoms with Crippen molar-refractivity contribution in [3.05, 3.63) is 21.9 Å². The summed E-state index contributed by atoms with van der Waals surface area (Å²) in [5.41, 5.74) is 0.725. The summed E-state index contributed by atoms with van der Waals surface area (Å²) in [4.78, 5) is 38.3. The van der Waals surface area contributed by atoms with E-state index in [-0.39, 0.29) is 11.7 Å². The summed E-state index contributed by atoms with van der Waals surface area (Å²) < 4.78 is 6.91. The van der Waals surface area contributed by atoms with Gasteiger partial charge in [-0.25, -0.2) is 9.78 Å². The van der Waals surface area contributed by atoms with Crippen LogP contribution in [0, 0.1) is 0 Å². The maximum absolute atomic E-state index is 13.2. The van der Waals surface area contributed by atoms with Gasteiger partial charge in [0.15, 0.2) is 0 Å². The van der Waals surface area contributed by atoms with Crippen LogP contribution in [0.4, 0.5) is 10.5 Å². The first-order valence-corrected chi connectivity index (χ1v) is 10.0. The number of hydrogen-bond donors (Lipinski definition) is 1. The Hall–Kier alpha value is -2.58. The molecule has 1 saturated carbocycles. The molecule has 1 saturated heterocycles. The fraction of sp³-hybridized carbons (Fsp3) is 0.684. The molecular formula is C19H28N6O3. The van der Waals surface area contributed by atoms with Gasteiger partial charge in [-0.2, -0.15) is 9.50 Å². The molecule has 0 bridgehead atoms. The molecule has 9 heteroatoms. The molecule has 0 unspecified atom stereocenters. The van der Waals surface area contributed by atoms with E-state index in [0.717, 1.165) is 24.4 Å². The van der Waals surface area contributed by atoms with Crippen LogP contribution in [0.3, 0.4) is 0 Å². The third-order valence-corrected chi connectivity index (χ3v) is 5.11. The maximum atomic E-state index is 13.2. The number of amides is 1. The molecule has 1 aliphatic carbocycles. The van der Waals surface area contributed by atoms with Gasteiger partial charge in [-0.3, -0.25) is 9.89 Å². The van der Waals surface area contributed by atoms with Gasteiger partial charge in [0.25, 0.3) is 11.3 Å². The van der Waals surface area contributed by atoms with Gasteiger partial charge in [-0.05, 0) is 40.0 Å². The number of piperazine rings is 1.